The number of unbranched alkanes of at least 4 members (excludes halogenated alkanes) is 23. The standard InChI is InChI=1S/C43H81O10P/c1-3-5-7-9-11-13-15-17-18-19-20-21-22-23-25-27-29-31-33-35-43(47)53-41(39-52-54(48,49)51-37-40(45)36-44)38-50-42(46)34-32-30-28-26-24-16-14-12-10-8-6-4-2/h11,13,17-18,40-41,44-45H,3-10,12,14-16,19-39H2,1-2H3,(H,48,49)/b13-11-,18-17-. The summed E-state index contributed by atoms with van der Waals surface area (Å²) in [4.78, 5) is 34.9. The van der Waals surface area contributed by atoms with Gasteiger partial charge in [0.15, 0.2) is 6.10 Å². The van der Waals surface area contributed by atoms with Gasteiger partial charge in [-0.25, -0.2) is 4.57 Å². The first-order valence-corrected chi connectivity index (χ1v) is 23.3. The number of aliphatic hydroxyl groups excluding tert-OH is 2. The number of ether oxygens (including phenoxy) is 2. The Bertz CT molecular complexity index is 957. The van der Waals surface area contributed by atoms with Gasteiger partial charge in [-0.3, -0.25) is 18.6 Å². The summed E-state index contributed by atoms with van der Waals surface area (Å²) in [6.45, 7) is 2.36. The minimum atomic E-state index is -4.61. The lowest BCUT2D eigenvalue weighted by Crippen LogP contribution is -2.29. The van der Waals surface area contributed by atoms with Gasteiger partial charge < -0.3 is 24.6 Å². The van der Waals surface area contributed by atoms with Gasteiger partial charge >= 0.3 is 19.8 Å². The summed E-state index contributed by atoms with van der Waals surface area (Å²) in [5.74, 6) is -0.923. The molecule has 54 heavy (non-hydrogen) atoms. The van der Waals surface area contributed by atoms with Crippen molar-refractivity contribution in [3.8, 4) is 0 Å². The molecule has 318 valence electrons. The molecule has 0 fully saturated rings. The lowest BCUT2D eigenvalue weighted by Gasteiger charge is -2.20. The molecule has 0 spiro atoms. The number of hydrogen-bond acceptors (Lipinski definition) is 9. The van der Waals surface area contributed by atoms with E-state index in [0.29, 0.717) is 12.8 Å². The zero-order chi connectivity index (χ0) is 39.8. The third-order valence-electron chi connectivity index (χ3n) is 9.36. The van der Waals surface area contributed by atoms with E-state index in [1.807, 2.05) is 0 Å². The highest BCUT2D eigenvalue weighted by Crippen LogP contribution is 2.43. The molecular formula is C43H81O10P. The van der Waals surface area contributed by atoms with Crippen LogP contribution in [-0.2, 0) is 32.7 Å². The van der Waals surface area contributed by atoms with Crippen LogP contribution in [0.3, 0.4) is 0 Å². The van der Waals surface area contributed by atoms with Gasteiger partial charge in [-0.15, -0.1) is 0 Å². The molecule has 3 atom stereocenters. The van der Waals surface area contributed by atoms with Gasteiger partial charge in [0.25, 0.3) is 0 Å². The molecule has 0 radical (unpaired) electrons. The van der Waals surface area contributed by atoms with Gasteiger partial charge in [-0.1, -0.05) is 167 Å². The predicted octanol–water partition coefficient (Wildman–Crippen LogP) is 11.4. The topological polar surface area (TPSA) is 149 Å². The summed E-state index contributed by atoms with van der Waals surface area (Å²) in [5.41, 5.74) is 0. The number of carbonyl (C=O) groups is 2. The van der Waals surface area contributed by atoms with E-state index in [4.69, 9.17) is 19.1 Å². The summed E-state index contributed by atoms with van der Waals surface area (Å²) in [5, 5.41) is 18.3. The van der Waals surface area contributed by atoms with Crippen molar-refractivity contribution in [2.24, 2.45) is 0 Å². The zero-order valence-electron chi connectivity index (χ0n) is 34.4. The second kappa shape index (κ2) is 39.7. The van der Waals surface area contributed by atoms with E-state index in [2.05, 4.69) is 42.7 Å². The van der Waals surface area contributed by atoms with Gasteiger partial charge in [0.05, 0.1) is 19.8 Å². The number of esters is 2. The Hall–Kier alpha value is -1.55. The van der Waals surface area contributed by atoms with E-state index in [9.17, 15) is 24.2 Å². The highest BCUT2D eigenvalue weighted by molar-refractivity contribution is 7.47. The van der Waals surface area contributed by atoms with Crippen molar-refractivity contribution in [1.29, 1.82) is 0 Å². The van der Waals surface area contributed by atoms with Crippen LogP contribution in [0.4, 0.5) is 0 Å². The van der Waals surface area contributed by atoms with Crippen molar-refractivity contribution in [3.63, 3.8) is 0 Å². The fourth-order valence-electron chi connectivity index (χ4n) is 5.96. The summed E-state index contributed by atoms with van der Waals surface area (Å²) in [6, 6.07) is 0. The van der Waals surface area contributed by atoms with Crippen molar-refractivity contribution >= 4 is 19.8 Å². The van der Waals surface area contributed by atoms with Crippen LogP contribution in [0.25, 0.3) is 0 Å². The van der Waals surface area contributed by atoms with Crippen LogP contribution in [0.2, 0.25) is 0 Å². The minimum absolute atomic E-state index is 0.182. The lowest BCUT2D eigenvalue weighted by molar-refractivity contribution is -0.161. The Labute approximate surface area is 329 Å². The van der Waals surface area contributed by atoms with Crippen molar-refractivity contribution in [1.82, 2.24) is 0 Å². The number of aliphatic hydroxyl groups is 2. The second-order valence-corrected chi connectivity index (χ2v) is 16.2. The molecule has 0 aromatic heterocycles. The number of rotatable bonds is 41. The molecule has 0 amide bonds. The molecule has 0 aromatic rings. The number of hydrogen-bond donors (Lipinski definition) is 3. The maximum absolute atomic E-state index is 12.6. The van der Waals surface area contributed by atoms with Crippen LogP contribution in [0.1, 0.15) is 200 Å². The number of allylic oxidation sites excluding steroid dienone is 4. The third-order valence-corrected chi connectivity index (χ3v) is 10.3. The predicted molar refractivity (Wildman–Crippen MR) is 219 cm³/mol. The largest absolute Gasteiger partial charge is 0.472 e. The van der Waals surface area contributed by atoms with E-state index in [1.165, 1.54) is 109 Å². The number of phosphoric acid groups is 1. The summed E-state index contributed by atoms with van der Waals surface area (Å²) >= 11 is 0. The molecule has 3 unspecified atom stereocenters. The van der Waals surface area contributed by atoms with Gasteiger partial charge in [-0.2, -0.15) is 0 Å². The number of carbonyl (C=O) groups excluding carboxylic acids is 2. The van der Waals surface area contributed by atoms with E-state index >= 15 is 0 Å². The highest BCUT2D eigenvalue weighted by atomic mass is 31.2. The Morgan fingerprint density at radius 3 is 1.46 bits per heavy atom. The maximum atomic E-state index is 12.6. The minimum Gasteiger partial charge on any atom is -0.462 e. The van der Waals surface area contributed by atoms with Crippen LogP contribution < -0.4 is 0 Å². The molecular weight excluding hydrogens is 707 g/mol. The average molecular weight is 789 g/mol. The first-order valence-electron chi connectivity index (χ1n) is 21.8. The molecule has 0 aliphatic carbocycles. The molecule has 0 saturated carbocycles. The molecule has 0 aliphatic rings. The van der Waals surface area contributed by atoms with Crippen LogP contribution in [0.5, 0.6) is 0 Å². The van der Waals surface area contributed by atoms with Gasteiger partial charge in [0.1, 0.15) is 12.7 Å². The maximum Gasteiger partial charge on any atom is 0.472 e. The first-order chi connectivity index (χ1) is 26.2. The Morgan fingerprint density at radius 2 is 0.963 bits per heavy atom. The van der Waals surface area contributed by atoms with Crippen LogP contribution in [-0.4, -0.2) is 65.7 Å². The molecule has 10 nitrogen and oxygen atoms in total. The van der Waals surface area contributed by atoms with E-state index < -0.39 is 51.8 Å². The zero-order valence-corrected chi connectivity index (χ0v) is 35.3. The molecule has 0 bridgehead atoms. The molecule has 0 aromatic carbocycles. The van der Waals surface area contributed by atoms with E-state index in [-0.39, 0.29) is 19.4 Å². The molecule has 0 aliphatic heterocycles. The highest BCUT2D eigenvalue weighted by Gasteiger charge is 2.27. The molecule has 0 heterocycles. The summed E-state index contributed by atoms with van der Waals surface area (Å²) in [7, 11) is -4.61. The van der Waals surface area contributed by atoms with Crippen LogP contribution in [0, 0.1) is 0 Å². The van der Waals surface area contributed by atoms with E-state index in [0.717, 1.165) is 51.4 Å². The Balaban J connectivity index is 4.26. The van der Waals surface area contributed by atoms with Crippen LogP contribution in [0.15, 0.2) is 24.3 Å². The molecule has 3 N–H and O–H groups in total. The van der Waals surface area contributed by atoms with Gasteiger partial charge in [0.2, 0.25) is 0 Å². The quantitative estimate of drug-likeness (QED) is 0.0236. The number of phosphoric ester groups is 1. The Morgan fingerprint density at radius 1 is 0.556 bits per heavy atom. The van der Waals surface area contributed by atoms with Crippen LogP contribution >= 0.6 is 7.82 Å². The smallest absolute Gasteiger partial charge is 0.462 e. The molecule has 0 saturated heterocycles. The van der Waals surface area contributed by atoms with Gasteiger partial charge in [-0.05, 0) is 44.9 Å². The van der Waals surface area contributed by atoms with Gasteiger partial charge in [0, 0.05) is 12.8 Å². The first kappa shape index (κ1) is 52.5. The van der Waals surface area contributed by atoms with Crippen molar-refractivity contribution in [2.45, 2.75) is 212 Å². The fourth-order valence-corrected chi connectivity index (χ4v) is 6.75. The van der Waals surface area contributed by atoms with Crippen molar-refractivity contribution < 1.29 is 47.8 Å². The SMILES string of the molecule is CCCCC/C=C\C/C=C\CCCCCCCCCCCC(=O)OC(COC(=O)CCCCCCCCCCCCCC)COP(=O)(O)OCC(O)CO. The summed E-state index contributed by atoms with van der Waals surface area (Å²) in [6.07, 6.45) is 38.5. The third kappa shape index (κ3) is 38.7. The fraction of sp³-hybridized carbons (Fsp3) is 0.860. The second-order valence-electron chi connectivity index (χ2n) is 14.7. The normalized spacial score (nSPS) is 14.1. The lowest BCUT2D eigenvalue weighted by atomic mass is 10.0. The monoisotopic (exact) mass is 789 g/mol. The average Bonchev–Trinajstić information content (AvgIpc) is 3.16. The summed E-state index contributed by atoms with van der Waals surface area (Å²) < 4.78 is 32.7. The molecule has 0 rings (SSSR count). The van der Waals surface area contributed by atoms with E-state index in [1.54, 1.807) is 0 Å². The molecule has 11 heteroatoms. The Kier molecular flexibility index (Phi) is 38.5. The van der Waals surface area contributed by atoms with Crippen molar-refractivity contribution in [3.05, 3.63) is 24.3 Å². The van der Waals surface area contributed by atoms with Crippen molar-refractivity contribution in [2.75, 3.05) is 26.4 Å².